The first kappa shape index (κ1) is 30.2. The van der Waals surface area contributed by atoms with Crippen LogP contribution in [0.3, 0.4) is 0 Å². The summed E-state index contributed by atoms with van der Waals surface area (Å²) in [7, 11) is -3.12. The minimum absolute atomic E-state index is 0.113. The van der Waals surface area contributed by atoms with Crippen LogP contribution in [0.15, 0.2) is 36.4 Å². The summed E-state index contributed by atoms with van der Waals surface area (Å²) in [4.78, 5) is 15.1. The molecular weight excluding hydrogens is 522 g/mol. The fraction of sp³-hybridized carbons (Fsp3) is 0.536. The molecule has 1 atom stereocenters. The number of carbonyl (C=O) groups excluding carboxylic acids is 1. The van der Waals surface area contributed by atoms with E-state index < -0.39 is 8.80 Å². The Bertz CT molecular complexity index is 1210. The smallest absolute Gasteiger partial charge is 0.424 e. The Balaban J connectivity index is 2.02. The molecule has 0 spiro atoms. The second-order valence-corrected chi connectivity index (χ2v) is 13.4. The molecule has 1 heterocycles. The molecule has 3 rings (SSSR count). The number of ether oxygens (including phenoxy) is 1. The van der Waals surface area contributed by atoms with Crippen LogP contribution < -0.4 is 4.74 Å². The minimum atomic E-state index is -3.12. The van der Waals surface area contributed by atoms with Crippen LogP contribution >= 0.6 is 11.6 Å². The standard InChI is InChI=1S/C28H40ClN3O5Si/c1-8-13-21(38(34-9-2,35-10-3)36-11-4)19-26(33)37-27-22(28(5,6)7)14-12-15-25(27)32-30-23-17-16-20(29)18-24(23)31-32/h12,14-18,21H,8-11,13,19H2,1-7H3. The van der Waals surface area contributed by atoms with Crippen molar-refractivity contribution in [2.45, 2.75) is 78.7 Å². The van der Waals surface area contributed by atoms with E-state index in [2.05, 4.69) is 37.9 Å². The summed E-state index contributed by atoms with van der Waals surface area (Å²) >= 11 is 6.16. The molecule has 1 unspecified atom stereocenters. The molecular formula is C28H40ClN3O5Si. The first-order valence-corrected chi connectivity index (χ1v) is 15.5. The number of para-hydroxylation sites is 1. The van der Waals surface area contributed by atoms with Crippen LogP contribution in [0.1, 0.15) is 73.3 Å². The topological polar surface area (TPSA) is 84.7 Å². The molecule has 0 bridgehead atoms. The first-order chi connectivity index (χ1) is 18.1. The van der Waals surface area contributed by atoms with E-state index in [4.69, 9.17) is 29.6 Å². The van der Waals surface area contributed by atoms with Crippen LogP contribution in [0.2, 0.25) is 10.6 Å². The molecule has 0 aliphatic carbocycles. The number of nitrogens with zero attached hydrogens (tertiary/aromatic N) is 3. The zero-order chi connectivity index (χ0) is 27.9. The van der Waals surface area contributed by atoms with Crippen molar-refractivity contribution in [1.82, 2.24) is 15.0 Å². The number of aromatic nitrogens is 3. The van der Waals surface area contributed by atoms with Crippen molar-refractivity contribution in [3.8, 4) is 11.4 Å². The molecule has 0 saturated carbocycles. The molecule has 10 heteroatoms. The summed E-state index contributed by atoms with van der Waals surface area (Å²) in [6, 6.07) is 11.1. The van der Waals surface area contributed by atoms with Crippen molar-refractivity contribution in [3.05, 3.63) is 47.0 Å². The van der Waals surface area contributed by atoms with Crippen molar-refractivity contribution < 1.29 is 22.8 Å². The number of carbonyl (C=O) groups is 1. The lowest BCUT2D eigenvalue weighted by atomic mass is 9.86. The zero-order valence-corrected chi connectivity index (χ0v) is 25.3. The zero-order valence-electron chi connectivity index (χ0n) is 23.5. The van der Waals surface area contributed by atoms with Gasteiger partial charge >= 0.3 is 14.8 Å². The molecule has 3 aromatic rings. The Hall–Kier alpha value is -2.30. The van der Waals surface area contributed by atoms with Crippen molar-refractivity contribution in [2.24, 2.45) is 0 Å². The maximum absolute atomic E-state index is 13.6. The maximum atomic E-state index is 13.6. The number of hydrogen-bond donors (Lipinski definition) is 0. The third-order valence-corrected chi connectivity index (χ3v) is 9.96. The van der Waals surface area contributed by atoms with Crippen LogP contribution in [0.4, 0.5) is 0 Å². The average Bonchev–Trinajstić information content (AvgIpc) is 3.26. The molecule has 0 fully saturated rings. The van der Waals surface area contributed by atoms with Crippen LogP contribution in [-0.2, 0) is 23.5 Å². The van der Waals surface area contributed by atoms with Gasteiger partial charge in [-0.2, -0.15) is 0 Å². The second kappa shape index (κ2) is 13.2. The van der Waals surface area contributed by atoms with Gasteiger partial charge in [-0.15, -0.1) is 15.0 Å². The van der Waals surface area contributed by atoms with E-state index in [0.717, 1.165) is 18.4 Å². The normalized spacial score (nSPS) is 13.2. The van der Waals surface area contributed by atoms with E-state index in [1.807, 2.05) is 45.0 Å². The first-order valence-electron chi connectivity index (χ1n) is 13.4. The summed E-state index contributed by atoms with van der Waals surface area (Å²) in [5.41, 5.74) is 2.27. The highest BCUT2D eigenvalue weighted by molar-refractivity contribution is 6.62. The maximum Gasteiger partial charge on any atom is 0.504 e. The highest BCUT2D eigenvalue weighted by atomic mass is 35.5. The van der Waals surface area contributed by atoms with Crippen molar-refractivity contribution in [1.29, 1.82) is 0 Å². The van der Waals surface area contributed by atoms with E-state index in [9.17, 15) is 4.79 Å². The van der Waals surface area contributed by atoms with Gasteiger partial charge in [0.2, 0.25) is 0 Å². The van der Waals surface area contributed by atoms with Gasteiger partial charge in [0.25, 0.3) is 0 Å². The van der Waals surface area contributed by atoms with Crippen LogP contribution in [-0.4, -0.2) is 49.6 Å². The molecule has 208 valence electrons. The lowest BCUT2D eigenvalue weighted by Gasteiger charge is -2.35. The number of halogens is 1. The number of fused-ring (bicyclic) bond motifs is 1. The minimum Gasteiger partial charge on any atom is -0.424 e. The van der Waals surface area contributed by atoms with Gasteiger partial charge in [-0.05, 0) is 56.9 Å². The fourth-order valence-electron chi connectivity index (χ4n) is 4.57. The summed E-state index contributed by atoms with van der Waals surface area (Å²) in [6.45, 7) is 15.4. The van der Waals surface area contributed by atoms with Crippen LogP contribution in [0, 0.1) is 0 Å². The van der Waals surface area contributed by atoms with Crippen LogP contribution in [0.5, 0.6) is 5.75 Å². The molecule has 0 aliphatic heterocycles. The molecule has 8 nitrogen and oxygen atoms in total. The van der Waals surface area contributed by atoms with Crippen LogP contribution in [0.25, 0.3) is 16.7 Å². The molecule has 0 amide bonds. The Morgan fingerprint density at radius 3 is 2.18 bits per heavy atom. The van der Waals surface area contributed by atoms with E-state index >= 15 is 0 Å². The van der Waals surface area contributed by atoms with Gasteiger partial charge in [-0.25, -0.2) is 0 Å². The molecule has 0 N–H and O–H groups in total. The fourth-order valence-corrected chi connectivity index (χ4v) is 7.96. The highest BCUT2D eigenvalue weighted by Gasteiger charge is 2.49. The Morgan fingerprint density at radius 2 is 1.61 bits per heavy atom. The molecule has 2 aromatic carbocycles. The summed E-state index contributed by atoms with van der Waals surface area (Å²) < 4.78 is 24.6. The van der Waals surface area contributed by atoms with Gasteiger partial charge in [0.05, 0.1) is 6.42 Å². The quantitative estimate of drug-likeness (QED) is 0.128. The molecule has 0 radical (unpaired) electrons. The van der Waals surface area contributed by atoms with E-state index in [1.165, 1.54) is 4.80 Å². The highest BCUT2D eigenvalue weighted by Crippen LogP contribution is 2.38. The molecule has 0 aliphatic rings. The van der Waals surface area contributed by atoms with Crippen molar-refractivity contribution >= 4 is 37.4 Å². The largest absolute Gasteiger partial charge is 0.504 e. The third-order valence-electron chi connectivity index (χ3n) is 6.16. The van der Waals surface area contributed by atoms with Crippen molar-refractivity contribution in [2.75, 3.05) is 19.8 Å². The van der Waals surface area contributed by atoms with Gasteiger partial charge in [-0.3, -0.25) is 4.79 Å². The van der Waals surface area contributed by atoms with Gasteiger partial charge in [-0.1, -0.05) is 57.8 Å². The third kappa shape index (κ3) is 7.01. The predicted octanol–water partition coefficient (Wildman–Crippen LogP) is 6.89. The van der Waals surface area contributed by atoms with Gasteiger partial charge in [0.15, 0.2) is 5.75 Å². The summed E-state index contributed by atoms with van der Waals surface area (Å²) in [5, 5.41) is 9.81. The number of rotatable bonds is 13. The number of hydrogen-bond acceptors (Lipinski definition) is 7. The van der Waals surface area contributed by atoms with E-state index in [0.29, 0.717) is 47.3 Å². The average molecular weight is 562 g/mol. The predicted molar refractivity (Wildman–Crippen MR) is 152 cm³/mol. The molecule has 38 heavy (non-hydrogen) atoms. The lowest BCUT2D eigenvalue weighted by molar-refractivity contribution is -0.135. The monoisotopic (exact) mass is 561 g/mol. The molecule has 0 saturated heterocycles. The second-order valence-electron chi connectivity index (χ2n) is 10.1. The Kier molecular flexibility index (Phi) is 10.5. The molecule has 1 aromatic heterocycles. The van der Waals surface area contributed by atoms with Gasteiger partial charge in [0, 0.05) is 35.9 Å². The SMILES string of the molecule is CCCC(CC(=O)Oc1c(-n2nc3ccc(Cl)cc3n2)cccc1C(C)(C)C)[Si](OCC)(OCC)OCC. The van der Waals surface area contributed by atoms with Gasteiger partial charge < -0.3 is 18.0 Å². The van der Waals surface area contributed by atoms with Gasteiger partial charge in [0.1, 0.15) is 16.7 Å². The van der Waals surface area contributed by atoms with E-state index in [1.54, 1.807) is 12.1 Å². The van der Waals surface area contributed by atoms with Crippen molar-refractivity contribution in [3.63, 3.8) is 0 Å². The summed E-state index contributed by atoms with van der Waals surface area (Å²) in [5.74, 6) is 0.0558. The Morgan fingerprint density at radius 1 is 0.974 bits per heavy atom. The number of esters is 1. The Labute approximate surface area is 231 Å². The van der Waals surface area contributed by atoms with E-state index in [-0.39, 0.29) is 23.3 Å². The lowest BCUT2D eigenvalue weighted by Crippen LogP contribution is -2.51. The number of benzene rings is 2. The summed E-state index contributed by atoms with van der Waals surface area (Å²) in [6.07, 6.45) is 1.69.